The number of likely N-dealkylation sites (tertiary alicyclic amines) is 1. The Morgan fingerprint density at radius 2 is 2.14 bits per heavy atom. The Kier molecular flexibility index (Phi) is 5.03. The normalized spacial score (nSPS) is 24.2. The summed E-state index contributed by atoms with van der Waals surface area (Å²) in [5, 5.41) is 9.27. The molecule has 1 saturated heterocycles. The molecule has 6 heteroatoms. The zero-order chi connectivity index (χ0) is 15.6. The summed E-state index contributed by atoms with van der Waals surface area (Å²) in [6.07, 6.45) is 1.63. The van der Waals surface area contributed by atoms with Gasteiger partial charge in [-0.1, -0.05) is 12.1 Å². The fourth-order valence-corrected chi connectivity index (χ4v) is 4.37. The van der Waals surface area contributed by atoms with Crippen LogP contribution in [0.4, 0.5) is 0 Å². The monoisotopic (exact) mass is 312 g/mol. The van der Waals surface area contributed by atoms with Gasteiger partial charge in [-0.2, -0.15) is 0 Å². The molecule has 2 atom stereocenters. The highest BCUT2D eigenvalue weighted by atomic mass is 32.2. The van der Waals surface area contributed by atoms with Crippen molar-refractivity contribution in [2.45, 2.75) is 50.3 Å². The molecule has 0 aromatic heterocycles. The van der Waals surface area contributed by atoms with Crippen LogP contribution in [-0.2, 0) is 16.6 Å². The average Bonchev–Trinajstić information content (AvgIpc) is 2.42. The quantitative estimate of drug-likeness (QED) is 0.878. The van der Waals surface area contributed by atoms with Crippen molar-refractivity contribution in [2.24, 2.45) is 0 Å². The van der Waals surface area contributed by atoms with Gasteiger partial charge in [0.25, 0.3) is 0 Å². The number of aliphatic hydroxyl groups is 1. The number of aliphatic hydroxyl groups excluding tert-OH is 1. The van der Waals surface area contributed by atoms with Gasteiger partial charge < -0.3 is 10.0 Å². The summed E-state index contributed by atoms with van der Waals surface area (Å²) in [6, 6.07) is 5.35. The number of nitrogens with zero attached hydrogens (tertiary/aromatic N) is 1. The molecular formula is C15H24N2O3S. The molecule has 21 heavy (non-hydrogen) atoms. The van der Waals surface area contributed by atoms with Crippen LogP contribution < -0.4 is 4.72 Å². The SMILES string of the molecule is Cc1c(CO)cccc1S(=O)(=O)NC1CCN(C)C(C)C1. The van der Waals surface area contributed by atoms with Gasteiger partial charge >= 0.3 is 0 Å². The highest BCUT2D eigenvalue weighted by Crippen LogP contribution is 2.22. The zero-order valence-corrected chi connectivity index (χ0v) is 13.7. The number of sulfonamides is 1. The maximum atomic E-state index is 12.6. The van der Waals surface area contributed by atoms with E-state index >= 15 is 0 Å². The Morgan fingerprint density at radius 3 is 2.76 bits per heavy atom. The Balaban J connectivity index is 2.19. The second kappa shape index (κ2) is 6.44. The molecule has 5 nitrogen and oxygen atoms in total. The zero-order valence-electron chi connectivity index (χ0n) is 12.8. The van der Waals surface area contributed by atoms with Gasteiger partial charge in [0, 0.05) is 12.1 Å². The molecule has 2 N–H and O–H groups in total. The Bertz CT molecular complexity index is 601. The van der Waals surface area contributed by atoms with E-state index in [1.54, 1.807) is 25.1 Å². The molecule has 2 unspecified atom stereocenters. The lowest BCUT2D eigenvalue weighted by Crippen LogP contribution is -2.47. The van der Waals surface area contributed by atoms with Crippen molar-refractivity contribution in [2.75, 3.05) is 13.6 Å². The molecule has 1 heterocycles. The maximum absolute atomic E-state index is 12.6. The molecular weight excluding hydrogens is 288 g/mol. The number of piperidine rings is 1. The van der Waals surface area contributed by atoms with Gasteiger partial charge in [-0.25, -0.2) is 13.1 Å². The molecule has 0 spiro atoms. The summed E-state index contributed by atoms with van der Waals surface area (Å²) in [5.74, 6) is 0. The highest BCUT2D eigenvalue weighted by Gasteiger charge is 2.28. The third-order valence-electron chi connectivity index (χ3n) is 4.39. The topological polar surface area (TPSA) is 69.6 Å². The summed E-state index contributed by atoms with van der Waals surface area (Å²) in [4.78, 5) is 2.50. The smallest absolute Gasteiger partial charge is 0.241 e. The number of nitrogens with one attached hydrogen (secondary N) is 1. The molecule has 2 rings (SSSR count). The summed E-state index contributed by atoms with van der Waals surface area (Å²) < 4.78 is 28.0. The van der Waals surface area contributed by atoms with E-state index in [0.717, 1.165) is 19.4 Å². The van der Waals surface area contributed by atoms with Gasteiger partial charge in [0.05, 0.1) is 11.5 Å². The van der Waals surface area contributed by atoms with E-state index in [1.165, 1.54) is 0 Å². The molecule has 0 saturated carbocycles. The summed E-state index contributed by atoms with van der Waals surface area (Å²) >= 11 is 0. The first-order valence-corrected chi connectivity index (χ1v) is 8.75. The van der Waals surface area contributed by atoms with E-state index in [4.69, 9.17) is 0 Å². The van der Waals surface area contributed by atoms with Gasteiger partial charge in [0.1, 0.15) is 0 Å². The van der Waals surface area contributed by atoms with Gasteiger partial charge in [-0.3, -0.25) is 0 Å². The van der Waals surface area contributed by atoms with Crippen molar-refractivity contribution < 1.29 is 13.5 Å². The van der Waals surface area contributed by atoms with Crippen molar-refractivity contribution in [1.82, 2.24) is 9.62 Å². The number of rotatable bonds is 4. The lowest BCUT2D eigenvalue weighted by molar-refractivity contribution is 0.178. The maximum Gasteiger partial charge on any atom is 0.241 e. The highest BCUT2D eigenvalue weighted by molar-refractivity contribution is 7.89. The molecule has 1 aliphatic rings. The minimum Gasteiger partial charge on any atom is -0.392 e. The minimum atomic E-state index is -3.54. The van der Waals surface area contributed by atoms with E-state index in [9.17, 15) is 13.5 Å². The summed E-state index contributed by atoms with van der Waals surface area (Å²) in [6.45, 7) is 4.58. The molecule has 0 radical (unpaired) electrons. The summed E-state index contributed by atoms with van der Waals surface area (Å²) in [7, 11) is -1.48. The van der Waals surface area contributed by atoms with E-state index < -0.39 is 10.0 Å². The van der Waals surface area contributed by atoms with Crippen molar-refractivity contribution in [3.05, 3.63) is 29.3 Å². The van der Waals surface area contributed by atoms with Crippen LogP contribution in [0, 0.1) is 6.92 Å². The third kappa shape index (κ3) is 3.63. The van der Waals surface area contributed by atoms with Crippen LogP contribution in [0.2, 0.25) is 0 Å². The Labute approximate surface area is 127 Å². The van der Waals surface area contributed by atoms with E-state index in [-0.39, 0.29) is 17.5 Å². The summed E-state index contributed by atoms with van der Waals surface area (Å²) in [5.41, 5.74) is 1.27. The van der Waals surface area contributed by atoms with E-state index in [1.807, 2.05) is 0 Å². The average molecular weight is 312 g/mol. The van der Waals surface area contributed by atoms with Gasteiger partial charge in [0.15, 0.2) is 0 Å². The second-order valence-corrected chi connectivity index (χ2v) is 7.55. The van der Waals surface area contributed by atoms with Gasteiger partial charge in [-0.15, -0.1) is 0 Å². The fourth-order valence-electron chi connectivity index (χ4n) is 2.80. The van der Waals surface area contributed by atoms with Crippen LogP contribution in [0.25, 0.3) is 0 Å². The third-order valence-corrected chi connectivity index (χ3v) is 6.05. The first-order valence-electron chi connectivity index (χ1n) is 7.27. The van der Waals surface area contributed by atoms with Gasteiger partial charge in [0.2, 0.25) is 10.0 Å². The van der Waals surface area contributed by atoms with Crippen molar-refractivity contribution in [1.29, 1.82) is 0 Å². The predicted octanol–water partition coefficient (Wildman–Crippen LogP) is 1.25. The van der Waals surface area contributed by atoms with Crippen molar-refractivity contribution in [3.8, 4) is 0 Å². The standard InChI is InChI=1S/C15H24N2O3S/c1-11-9-14(7-8-17(11)3)16-21(19,20)15-6-4-5-13(10-18)12(15)2/h4-6,11,14,16,18H,7-10H2,1-3H3. The van der Waals surface area contributed by atoms with Crippen LogP contribution in [0.15, 0.2) is 23.1 Å². The van der Waals surface area contributed by atoms with Crippen LogP contribution in [0.3, 0.4) is 0 Å². The lowest BCUT2D eigenvalue weighted by Gasteiger charge is -2.35. The fraction of sp³-hybridized carbons (Fsp3) is 0.600. The predicted molar refractivity (Wildman–Crippen MR) is 82.5 cm³/mol. The van der Waals surface area contributed by atoms with E-state index in [2.05, 4.69) is 23.6 Å². The largest absolute Gasteiger partial charge is 0.392 e. The second-order valence-electron chi connectivity index (χ2n) is 5.87. The minimum absolute atomic E-state index is 0.0293. The van der Waals surface area contributed by atoms with Crippen LogP contribution >= 0.6 is 0 Å². The molecule has 1 aromatic rings. The molecule has 1 aromatic carbocycles. The number of hydrogen-bond acceptors (Lipinski definition) is 4. The number of benzene rings is 1. The van der Waals surface area contributed by atoms with Crippen LogP contribution in [0.1, 0.15) is 30.9 Å². The molecule has 0 bridgehead atoms. The van der Waals surface area contributed by atoms with Crippen molar-refractivity contribution >= 4 is 10.0 Å². The van der Waals surface area contributed by atoms with Crippen LogP contribution in [0.5, 0.6) is 0 Å². The van der Waals surface area contributed by atoms with E-state index in [0.29, 0.717) is 17.2 Å². The molecule has 1 aliphatic heterocycles. The van der Waals surface area contributed by atoms with Crippen LogP contribution in [-0.4, -0.2) is 44.1 Å². The molecule has 0 aliphatic carbocycles. The first kappa shape index (κ1) is 16.4. The molecule has 0 amide bonds. The van der Waals surface area contributed by atoms with Crippen molar-refractivity contribution in [3.63, 3.8) is 0 Å². The Hall–Kier alpha value is -0.950. The lowest BCUT2D eigenvalue weighted by atomic mass is 10.0. The first-order chi connectivity index (χ1) is 9.85. The Morgan fingerprint density at radius 1 is 1.43 bits per heavy atom. The molecule has 118 valence electrons. The number of hydrogen-bond donors (Lipinski definition) is 2. The van der Waals surface area contributed by atoms with Gasteiger partial charge in [-0.05, 0) is 57.5 Å². The molecule has 1 fully saturated rings.